The predicted molar refractivity (Wildman–Crippen MR) is 98.1 cm³/mol. The van der Waals surface area contributed by atoms with Crippen LogP contribution < -0.4 is 14.2 Å². The van der Waals surface area contributed by atoms with Crippen LogP contribution in [0, 0.1) is 0 Å². The van der Waals surface area contributed by atoms with Crippen LogP contribution in [0.15, 0.2) is 33.7 Å². The maximum Gasteiger partial charge on any atom is 0.266 e. The average Bonchev–Trinajstić information content (AvgIpc) is 3.26. The molecule has 4 rings (SSSR count). The summed E-state index contributed by atoms with van der Waals surface area (Å²) in [5.41, 5.74) is 2.31. The summed E-state index contributed by atoms with van der Waals surface area (Å²) >= 11 is 0. The number of fused-ring (bicyclic) bond motifs is 2. The molecule has 3 aromatic rings. The van der Waals surface area contributed by atoms with Crippen molar-refractivity contribution in [3.05, 3.63) is 35.4 Å². The highest BCUT2D eigenvalue weighted by atomic mass is 32.2. The lowest BCUT2D eigenvalue weighted by Gasteiger charge is -2.13. The molecular formula is C18H18N2O6S. The van der Waals surface area contributed by atoms with E-state index < -0.39 is 10.0 Å². The number of nitrogens with zero attached hydrogens (tertiary/aromatic N) is 1. The molecule has 0 saturated carbocycles. The van der Waals surface area contributed by atoms with Crippen molar-refractivity contribution in [2.45, 2.75) is 24.2 Å². The number of aromatic nitrogens is 1. The zero-order valence-electron chi connectivity index (χ0n) is 14.8. The lowest BCUT2D eigenvalue weighted by molar-refractivity contribution is 0.402. The first-order chi connectivity index (χ1) is 12.9. The molecule has 0 amide bonds. The van der Waals surface area contributed by atoms with Gasteiger partial charge >= 0.3 is 0 Å². The summed E-state index contributed by atoms with van der Waals surface area (Å²) in [6.45, 7) is 0. The minimum absolute atomic E-state index is 0.0237. The quantitative estimate of drug-likeness (QED) is 0.689. The first-order valence-electron chi connectivity index (χ1n) is 8.32. The number of aromatic hydroxyl groups is 1. The zero-order chi connectivity index (χ0) is 19.2. The van der Waals surface area contributed by atoms with Gasteiger partial charge in [0.2, 0.25) is 0 Å². The molecule has 0 atom stereocenters. The number of hydrogen-bond donors (Lipinski definition) is 2. The molecule has 2 N–H and O–H groups in total. The van der Waals surface area contributed by atoms with Gasteiger partial charge in [0.05, 0.1) is 14.2 Å². The second-order valence-corrected chi connectivity index (χ2v) is 7.93. The normalized spacial score (nSPS) is 13.6. The standard InChI is InChI=1S/C18H18N2O6S/c1-24-13-6-10-4-3-5-11(10)7-16(13)27(22,23)20-18-17-14(25-2)8-12(21)9-15(17)26-19-18/h6-9,21H,3-5H2,1-2H3,(H,19,20). The molecule has 9 heteroatoms. The molecule has 0 bridgehead atoms. The molecule has 8 nitrogen and oxygen atoms in total. The van der Waals surface area contributed by atoms with E-state index in [2.05, 4.69) is 9.88 Å². The maximum atomic E-state index is 13.0. The number of anilines is 1. The monoisotopic (exact) mass is 390 g/mol. The van der Waals surface area contributed by atoms with Crippen molar-refractivity contribution in [3.63, 3.8) is 0 Å². The number of nitrogens with one attached hydrogen (secondary N) is 1. The van der Waals surface area contributed by atoms with Gasteiger partial charge in [0.25, 0.3) is 10.0 Å². The Kier molecular flexibility index (Phi) is 4.11. The third kappa shape index (κ3) is 2.93. The highest BCUT2D eigenvalue weighted by Gasteiger charge is 2.26. The van der Waals surface area contributed by atoms with Crippen LogP contribution in [0.2, 0.25) is 0 Å². The van der Waals surface area contributed by atoms with Gasteiger partial charge in [-0.25, -0.2) is 8.42 Å². The van der Waals surface area contributed by atoms with Gasteiger partial charge in [-0.05, 0) is 42.5 Å². The second-order valence-electron chi connectivity index (χ2n) is 6.28. The minimum atomic E-state index is -3.99. The molecule has 1 heterocycles. The molecule has 142 valence electrons. The Morgan fingerprint density at radius 2 is 1.78 bits per heavy atom. The number of hydrogen-bond acceptors (Lipinski definition) is 7. The van der Waals surface area contributed by atoms with Crippen LogP contribution in [0.25, 0.3) is 11.0 Å². The maximum absolute atomic E-state index is 13.0. The van der Waals surface area contributed by atoms with E-state index in [0.717, 1.165) is 30.4 Å². The molecule has 0 unspecified atom stereocenters. The predicted octanol–water partition coefficient (Wildman–Crippen LogP) is 2.84. The van der Waals surface area contributed by atoms with Crippen molar-refractivity contribution >= 4 is 26.8 Å². The molecule has 0 spiro atoms. The lowest BCUT2D eigenvalue weighted by Crippen LogP contribution is -2.15. The van der Waals surface area contributed by atoms with Crippen LogP contribution in [0.3, 0.4) is 0 Å². The first-order valence-corrected chi connectivity index (χ1v) is 9.80. The van der Waals surface area contributed by atoms with Crippen LogP contribution in [0.4, 0.5) is 5.82 Å². The minimum Gasteiger partial charge on any atom is -0.508 e. The van der Waals surface area contributed by atoms with E-state index in [1.54, 1.807) is 12.1 Å². The van der Waals surface area contributed by atoms with Crippen LogP contribution in [0.5, 0.6) is 17.2 Å². The molecule has 2 aromatic carbocycles. The fourth-order valence-corrected chi connectivity index (χ4v) is 4.59. The van der Waals surface area contributed by atoms with Crippen molar-refractivity contribution in [3.8, 4) is 17.2 Å². The van der Waals surface area contributed by atoms with E-state index in [4.69, 9.17) is 14.0 Å². The molecule has 0 aliphatic heterocycles. The number of phenolic OH excluding ortho intramolecular Hbond substituents is 1. The highest BCUT2D eigenvalue weighted by molar-refractivity contribution is 7.92. The third-order valence-corrected chi connectivity index (χ3v) is 6.00. The Bertz CT molecular complexity index is 1140. The Morgan fingerprint density at radius 3 is 2.48 bits per heavy atom. The summed E-state index contributed by atoms with van der Waals surface area (Å²) in [4.78, 5) is 0.0412. The Hall–Kier alpha value is -2.94. The molecule has 0 saturated heterocycles. The second kappa shape index (κ2) is 6.34. The summed E-state index contributed by atoms with van der Waals surface area (Å²) < 4.78 is 44.1. The van der Waals surface area contributed by atoms with Crippen molar-refractivity contribution in [1.29, 1.82) is 0 Å². The van der Waals surface area contributed by atoms with E-state index in [-0.39, 0.29) is 33.5 Å². The number of aryl methyl sites for hydroxylation is 2. The number of sulfonamides is 1. The number of rotatable bonds is 5. The largest absolute Gasteiger partial charge is 0.508 e. The SMILES string of the molecule is COc1cc2c(cc1S(=O)(=O)Nc1noc3cc(O)cc(OC)c13)CCC2. The number of methoxy groups -OCH3 is 2. The fraction of sp³-hybridized carbons (Fsp3) is 0.278. The van der Waals surface area contributed by atoms with Gasteiger partial charge in [0, 0.05) is 12.1 Å². The summed E-state index contributed by atoms with van der Waals surface area (Å²) in [5, 5.41) is 13.8. The van der Waals surface area contributed by atoms with Crippen molar-refractivity contribution < 1.29 is 27.5 Å². The molecule has 1 aromatic heterocycles. The summed E-state index contributed by atoms with van der Waals surface area (Å²) in [5.74, 6) is 0.417. The van der Waals surface area contributed by atoms with Crippen molar-refractivity contribution in [2.75, 3.05) is 18.9 Å². The van der Waals surface area contributed by atoms with E-state index in [0.29, 0.717) is 5.39 Å². The van der Waals surface area contributed by atoms with Gasteiger partial charge in [0.15, 0.2) is 11.4 Å². The Balaban J connectivity index is 1.80. The van der Waals surface area contributed by atoms with E-state index >= 15 is 0 Å². The average molecular weight is 390 g/mol. The Morgan fingerprint density at radius 1 is 1.07 bits per heavy atom. The fourth-order valence-electron chi connectivity index (χ4n) is 3.38. The van der Waals surface area contributed by atoms with E-state index in [9.17, 15) is 13.5 Å². The van der Waals surface area contributed by atoms with Gasteiger partial charge in [-0.1, -0.05) is 5.16 Å². The number of ether oxygens (including phenoxy) is 2. The molecular weight excluding hydrogens is 372 g/mol. The van der Waals surface area contributed by atoms with E-state index in [1.807, 2.05) is 0 Å². The van der Waals surface area contributed by atoms with Crippen molar-refractivity contribution in [1.82, 2.24) is 5.16 Å². The third-order valence-electron chi connectivity index (χ3n) is 4.64. The first kappa shape index (κ1) is 17.5. The molecule has 0 fully saturated rings. The Labute approximate surface area is 155 Å². The van der Waals surface area contributed by atoms with Crippen LogP contribution in [0.1, 0.15) is 17.5 Å². The van der Waals surface area contributed by atoms with Crippen LogP contribution >= 0.6 is 0 Å². The van der Waals surface area contributed by atoms with Gasteiger partial charge in [0.1, 0.15) is 27.5 Å². The topological polar surface area (TPSA) is 111 Å². The van der Waals surface area contributed by atoms with Crippen molar-refractivity contribution in [2.24, 2.45) is 0 Å². The molecule has 0 radical (unpaired) electrons. The molecule has 27 heavy (non-hydrogen) atoms. The molecule has 1 aliphatic carbocycles. The summed E-state index contributed by atoms with van der Waals surface area (Å²) in [6.07, 6.45) is 2.74. The lowest BCUT2D eigenvalue weighted by atomic mass is 10.1. The van der Waals surface area contributed by atoms with Gasteiger partial charge in [-0.2, -0.15) is 0 Å². The van der Waals surface area contributed by atoms with Gasteiger partial charge in [-0.3, -0.25) is 4.72 Å². The van der Waals surface area contributed by atoms with Gasteiger partial charge in [-0.15, -0.1) is 0 Å². The molecule has 1 aliphatic rings. The van der Waals surface area contributed by atoms with Gasteiger partial charge < -0.3 is 19.1 Å². The summed E-state index contributed by atoms with van der Waals surface area (Å²) in [7, 11) is -1.15. The number of benzene rings is 2. The van der Waals surface area contributed by atoms with Crippen LogP contribution in [-0.2, 0) is 22.9 Å². The smallest absolute Gasteiger partial charge is 0.266 e. The van der Waals surface area contributed by atoms with E-state index in [1.165, 1.54) is 26.4 Å². The summed E-state index contributed by atoms with van der Waals surface area (Å²) in [6, 6.07) is 6.11. The zero-order valence-corrected chi connectivity index (χ0v) is 15.6. The van der Waals surface area contributed by atoms with Crippen LogP contribution in [-0.4, -0.2) is 32.9 Å². The highest BCUT2D eigenvalue weighted by Crippen LogP contribution is 2.38. The number of phenols is 1.